The summed E-state index contributed by atoms with van der Waals surface area (Å²) in [6.07, 6.45) is 1.70. The lowest BCUT2D eigenvalue weighted by atomic mass is 10.3. The summed E-state index contributed by atoms with van der Waals surface area (Å²) in [6, 6.07) is 4.93. The van der Waals surface area contributed by atoms with E-state index in [1.807, 2.05) is 18.2 Å². The summed E-state index contributed by atoms with van der Waals surface area (Å²) in [5, 5.41) is 14.1. The van der Waals surface area contributed by atoms with E-state index in [1.54, 1.807) is 18.5 Å². The molecule has 0 bridgehead atoms. The van der Waals surface area contributed by atoms with Crippen LogP contribution in [0.2, 0.25) is 0 Å². The van der Waals surface area contributed by atoms with Crippen molar-refractivity contribution in [3.8, 4) is 10.7 Å². The Morgan fingerprint density at radius 3 is 3.00 bits per heavy atom. The predicted molar refractivity (Wildman–Crippen MR) is 66.1 cm³/mol. The van der Waals surface area contributed by atoms with Crippen LogP contribution in [0.15, 0.2) is 29.8 Å². The Hall–Kier alpha value is -1.95. The minimum absolute atomic E-state index is 0.561. The quantitative estimate of drug-likeness (QED) is 0.867. The number of nitrogens with zero attached hydrogens (tertiary/aromatic N) is 2. The molecule has 0 saturated carbocycles. The molecule has 2 rings (SSSR count). The number of anilines is 1. The molecule has 0 amide bonds. The zero-order chi connectivity index (χ0) is 12.3. The maximum Gasteiger partial charge on any atom is 0.325 e. The van der Waals surface area contributed by atoms with Crippen molar-refractivity contribution in [1.29, 1.82) is 0 Å². The molecule has 17 heavy (non-hydrogen) atoms. The molecular formula is C11H11N3O2S. The zero-order valence-electron chi connectivity index (χ0n) is 9.12. The average molecular weight is 249 g/mol. The van der Waals surface area contributed by atoms with E-state index in [1.165, 1.54) is 11.3 Å². The standard InChI is InChI=1S/C11H11N3O2S/c1-7(11(15)16)13-9-6-17-10(14-9)8-4-2-3-5-12-8/h2-7,13H,1H3,(H,15,16)/t7-/m0/s1. The second kappa shape index (κ2) is 4.92. The Kier molecular flexibility index (Phi) is 3.34. The van der Waals surface area contributed by atoms with E-state index in [0.717, 1.165) is 10.7 Å². The van der Waals surface area contributed by atoms with Crippen LogP contribution >= 0.6 is 11.3 Å². The van der Waals surface area contributed by atoms with Gasteiger partial charge in [-0.25, -0.2) is 4.98 Å². The SMILES string of the molecule is C[C@H](Nc1csc(-c2ccccn2)n1)C(=O)O. The van der Waals surface area contributed by atoms with Gasteiger partial charge in [0.25, 0.3) is 0 Å². The van der Waals surface area contributed by atoms with Crippen LogP contribution in [0.25, 0.3) is 10.7 Å². The van der Waals surface area contributed by atoms with Crippen LogP contribution in [0.5, 0.6) is 0 Å². The fourth-order valence-electron chi connectivity index (χ4n) is 1.23. The first kappa shape index (κ1) is 11.5. The monoisotopic (exact) mass is 249 g/mol. The van der Waals surface area contributed by atoms with Crippen molar-refractivity contribution in [2.24, 2.45) is 0 Å². The van der Waals surface area contributed by atoms with E-state index < -0.39 is 12.0 Å². The Bertz CT molecular complexity index is 512. The Morgan fingerprint density at radius 1 is 1.53 bits per heavy atom. The van der Waals surface area contributed by atoms with Gasteiger partial charge in [0.2, 0.25) is 0 Å². The third kappa shape index (κ3) is 2.79. The summed E-state index contributed by atoms with van der Waals surface area (Å²) in [6.45, 7) is 1.57. The van der Waals surface area contributed by atoms with Crippen LogP contribution in [-0.4, -0.2) is 27.1 Å². The van der Waals surface area contributed by atoms with Crippen LogP contribution in [0.4, 0.5) is 5.82 Å². The lowest BCUT2D eigenvalue weighted by molar-refractivity contribution is -0.137. The van der Waals surface area contributed by atoms with Crippen molar-refractivity contribution < 1.29 is 9.90 Å². The van der Waals surface area contributed by atoms with Crippen molar-refractivity contribution in [2.75, 3.05) is 5.32 Å². The number of carboxylic acid groups (broad SMARTS) is 1. The number of rotatable bonds is 4. The van der Waals surface area contributed by atoms with E-state index in [2.05, 4.69) is 15.3 Å². The second-order valence-electron chi connectivity index (χ2n) is 3.46. The summed E-state index contributed by atoms with van der Waals surface area (Å²) < 4.78 is 0. The number of aromatic nitrogens is 2. The maximum atomic E-state index is 10.7. The van der Waals surface area contributed by atoms with Gasteiger partial charge in [0.15, 0.2) is 0 Å². The molecule has 6 heteroatoms. The van der Waals surface area contributed by atoms with E-state index in [-0.39, 0.29) is 0 Å². The molecule has 0 spiro atoms. The normalized spacial score (nSPS) is 12.1. The molecule has 5 nitrogen and oxygen atoms in total. The molecule has 0 unspecified atom stereocenters. The third-order valence-corrected chi connectivity index (χ3v) is 2.99. The van der Waals surface area contributed by atoms with Gasteiger partial charge in [-0.3, -0.25) is 9.78 Å². The molecule has 88 valence electrons. The Morgan fingerprint density at radius 2 is 2.35 bits per heavy atom. The van der Waals surface area contributed by atoms with Crippen LogP contribution in [0.1, 0.15) is 6.92 Å². The summed E-state index contributed by atoms with van der Waals surface area (Å²) in [5.74, 6) is -0.345. The van der Waals surface area contributed by atoms with Gasteiger partial charge in [0.1, 0.15) is 16.9 Å². The highest BCUT2D eigenvalue weighted by atomic mass is 32.1. The number of carboxylic acids is 1. The van der Waals surface area contributed by atoms with Crippen molar-refractivity contribution in [1.82, 2.24) is 9.97 Å². The molecule has 2 N–H and O–H groups in total. The van der Waals surface area contributed by atoms with Crippen molar-refractivity contribution >= 4 is 23.1 Å². The van der Waals surface area contributed by atoms with Gasteiger partial charge in [-0.2, -0.15) is 0 Å². The number of aliphatic carboxylic acids is 1. The van der Waals surface area contributed by atoms with E-state index in [4.69, 9.17) is 5.11 Å². The predicted octanol–water partition coefficient (Wildman–Crippen LogP) is 2.09. The minimum Gasteiger partial charge on any atom is -0.480 e. The zero-order valence-corrected chi connectivity index (χ0v) is 9.94. The fourth-order valence-corrected chi connectivity index (χ4v) is 1.97. The van der Waals surface area contributed by atoms with Crippen LogP contribution in [-0.2, 0) is 4.79 Å². The van der Waals surface area contributed by atoms with Crippen molar-refractivity contribution in [3.63, 3.8) is 0 Å². The van der Waals surface area contributed by atoms with Gasteiger partial charge >= 0.3 is 5.97 Å². The first-order chi connectivity index (χ1) is 8.16. The van der Waals surface area contributed by atoms with Gasteiger partial charge in [0.05, 0.1) is 5.69 Å². The van der Waals surface area contributed by atoms with Crippen molar-refractivity contribution in [2.45, 2.75) is 13.0 Å². The maximum absolute atomic E-state index is 10.7. The molecule has 0 fully saturated rings. The Labute approximate surface area is 102 Å². The highest BCUT2D eigenvalue weighted by molar-refractivity contribution is 7.13. The van der Waals surface area contributed by atoms with Gasteiger partial charge in [-0.05, 0) is 19.1 Å². The summed E-state index contributed by atoms with van der Waals surface area (Å²) >= 11 is 1.43. The van der Waals surface area contributed by atoms with Gasteiger partial charge in [0, 0.05) is 11.6 Å². The van der Waals surface area contributed by atoms with E-state index >= 15 is 0 Å². The number of pyridine rings is 1. The average Bonchev–Trinajstić information content (AvgIpc) is 2.78. The molecule has 0 aliphatic rings. The highest BCUT2D eigenvalue weighted by Gasteiger charge is 2.12. The molecular weight excluding hydrogens is 238 g/mol. The molecule has 2 aromatic heterocycles. The molecule has 0 saturated heterocycles. The molecule has 2 aromatic rings. The fraction of sp³-hybridized carbons (Fsp3) is 0.182. The number of thiazole rings is 1. The van der Waals surface area contributed by atoms with Crippen LogP contribution < -0.4 is 5.32 Å². The van der Waals surface area contributed by atoms with E-state index in [9.17, 15) is 4.79 Å². The van der Waals surface area contributed by atoms with E-state index in [0.29, 0.717) is 5.82 Å². The Balaban J connectivity index is 2.14. The summed E-state index contributed by atoms with van der Waals surface area (Å²) in [4.78, 5) is 19.1. The minimum atomic E-state index is -0.905. The lowest BCUT2D eigenvalue weighted by Crippen LogP contribution is -2.25. The lowest BCUT2D eigenvalue weighted by Gasteiger charge is -2.06. The summed E-state index contributed by atoms with van der Waals surface area (Å²) in [5.41, 5.74) is 0.786. The van der Waals surface area contributed by atoms with Gasteiger partial charge in [-0.1, -0.05) is 6.07 Å². The van der Waals surface area contributed by atoms with Gasteiger partial charge < -0.3 is 10.4 Å². The largest absolute Gasteiger partial charge is 0.480 e. The topological polar surface area (TPSA) is 75.1 Å². The molecule has 0 aromatic carbocycles. The smallest absolute Gasteiger partial charge is 0.325 e. The van der Waals surface area contributed by atoms with Crippen LogP contribution in [0, 0.1) is 0 Å². The highest BCUT2D eigenvalue weighted by Crippen LogP contribution is 2.24. The molecule has 0 aliphatic heterocycles. The van der Waals surface area contributed by atoms with Crippen molar-refractivity contribution in [3.05, 3.63) is 29.8 Å². The number of hydrogen-bond acceptors (Lipinski definition) is 5. The first-order valence-electron chi connectivity index (χ1n) is 5.03. The van der Waals surface area contributed by atoms with Crippen LogP contribution in [0.3, 0.4) is 0 Å². The number of nitrogens with one attached hydrogen (secondary N) is 1. The third-order valence-electron chi connectivity index (χ3n) is 2.12. The molecule has 1 atom stereocenters. The molecule has 0 radical (unpaired) electrons. The second-order valence-corrected chi connectivity index (χ2v) is 4.32. The molecule has 0 aliphatic carbocycles. The number of hydrogen-bond donors (Lipinski definition) is 2. The number of carbonyl (C=O) groups is 1. The van der Waals surface area contributed by atoms with Gasteiger partial charge in [-0.15, -0.1) is 11.3 Å². The first-order valence-corrected chi connectivity index (χ1v) is 5.91. The summed E-state index contributed by atoms with van der Waals surface area (Å²) in [7, 11) is 0. The molecule has 2 heterocycles.